The Hall–Kier alpha value is -1.33. The van der Waals surface area contributed by atoms with Crippen LogP contribution in [0.2, 0.25) is 0 Å². The highest BCUT2D eigenvalue weighted by molar-refractivity contribution is 7.98. The Bertz CT molecular complexity index is 554. The topological polar surface area (TPSA) is 64.9 Å². The predicted molar refractivity (Wildman–Crippen MR) is 81.7 cm³/mol. The number of aromatic nitrogens is 2. The monoisotopic (exact) mass is 291 g/mol. The van der Waals surface area contributed by atoms with Gasteiger partial charge in [0.05, 0.1) is 11.7 Å². The van der Waals surface area contributed by atoms with Crippen LogP contribution in [-0.4, -0.2) is 16.7 Å². The summed E-state index contributed by atoms with van der Waals surface area (Å²) in [6.07, 6.45) is 0. The number of hydrogen-bond acceptors (Lipinski definition) is 5. The van der Waals surface area contributed by atoms with Gasteiger partial charge in [0.25, 0.3) is 0 Å². The molecular weight excluding hydrogens is 270 g/mol. The van der Waals surface area contributed by atoms with E-state index in [1.54, 1.807) is 11.8 Å². The van der Waals surface area contributed by atoms with E-state index in [1.165, 1.54) is 10.5 Å². The first-order chi connectivity index (χ1) is 9.61. The lowest BCUT2D eigenvalue weighted by molar-refractivity contribution is 0.322. The average molecular weight is 291 g/mol. The van der Waals surface area contributed by atoms with Crippen molar-refractivity contribution in [3.05, 3.63) is 41.5 Å². The van der Waals surface area contributed by atoms with Crippen LogP contribution >= 0.6 is 11.8 Å². The summed E-state index contributed by atoms with van der Waals surface area (Å²) >= 11 is 1.72. The largest absolute Gasteiger partial charge is 0.339 e. The second-order valence-electron chi connectivity index (χ2n) is 5.19. The Kier molecular flexibility index (Phi) is 5.20. The number of aryl methyl sites for hydroxylation is 1. The molecule has 0 radical (unpaired) electrons. The van der Waals surface area contributed by atoms with Gasteiger partial charge in [-0.15, -0.1) is 11.8 Å². The molecule has 0 aliphatic heterocycles. The molecule has 1 heterocycles. The number of benzene rings is 1. The molecule has 20 heavy (non-hydrogen) atoms. The first-order valence-electron chi connectivity index (χ1n) is 6.82. The van der Waals surface area contributed by atoms with Gasteiger partial charge in [-0.1, -0.05) is 37.2 Å². The van der Waals surface area contributed by atoms with Crippen molar-refractivity contribution in [1.29, 1.82) is 0 Å². The number of rotatable bonds is 6. The van der Waals surface area contributed by atoms with Crippen LogP contribution < -0.4 is 5.73 Å². The van der Waals surface area contributed by atoms with Gasteiger partial charge in [-0.2, -0.15) is 4.98 Å². The van der Waals surface area contributed by atoms with Crippen LogP contribution in [0.3, 0.4) is 0 Å². The molecule has 0 fully saturated rings. The molecular formula is C15H21N3OS. The highest BCUT2D eigenvalue weighted by atomic mass is 32.2. The lowest BCUT2D eigenvalue weighted by atomic mass is 9.96. The minimum absolute atomic E-state index is 0.139. The van der Waals surface area contributed by atoms with Crippen molar-refractivity contribution >= 4 is 11.8 Å². The number of thioether (sulfide) groups is 1. The standard InChI is InChI=1S/C15H21N3OS/c1-10(2)12(8-16)15-17-14(18-19-15)9-20-13-7-5-4-6-11(13)3/h4-7,10,12H,8-9,16H2,1-3H3. The van der Waals surface area contributed by atoms with Gasteiger partial charge in [0.15, 0.2) is 5.82 Å². The second-order valence-corrected chi connectivity index (χ2v) is 6.21. The van der Waals surface area contributed by atoms with Crippen LogP contribution in [0.4, 0.5) is 0 Å². The molecule has 108 valence electrons. The van der Waals surface area contributed by atoms with Crippen molar-refractivity contribution in [3.8, 4) is 0 Å². The molecule has 5 heteroatoms. The maximum absolute atomic E-state index is 5.77. The Morgan fingerprint density at radius 1 is 1.30 bits per heavy atom. The summed E-state index contributed by atoms with van der Waals surface area (Å²) in [6, 6.07) is 8.30. The molecule has 1 atom stereocenters. The van der Waals surface area contributed by atoms with E-state index in [-0.39, 0.29) is 5.92 Å². The fraction of sp³-hybridized carbons (Fsp3) is 0.467. The minimum Gasteiger partial charge on any atom is -0.339 e. The summed E-state index contributed by atoms with van der Waals surface area (Å²) < 4.78 is 5.34. The summed E-state index contributed by atoms with van der Waals surface area (Å²) in [5, 5.41) is 4.05. The molecule has 4 nitrogen and oxygen atoms in total. The van der Waals surface area contributed by atoms with E-state index < -0.39 is 0 Å². The van der Waals surface area contributed by atoms with Crippen LogP contribution in [0, 0.1) is 12.8 Å². The third kappa shape index (κ3) is 3.61. The van der Waals surface area contributed by atoms with Gasteiger partial charge >= 0.3 is 0 Å². The van der Waals surface area contributed by atoms with Crippen LogP contribution in [0.25, 0.3) is 0 Å². The summed E-state index contributed by atoms with van der Waals surface area (Å²) in [5.41, 5.74) is 7.03. The molecule has 1 unspecified atom stereocenters. The van der Waals surface area contributed by atoms with E-state index in [2.05, 4.69) is 43.0 Å². The number of nitrogens with two attached hydrogens (primary N) is 1. The van der Waals surface area contributed by atoms with Crippen molar-refractivity contribution < 1.29 is 4.52 Å². The molecule has 2 N–H and O–H groups in total. The predicted octanol–water partition coefficient (Wildman–Crippen LogP) is 3.37. The van der Waals surface area contributed by atoms with E-state index in [0.717, 1.165) is 5.82 Å². The molecule has 1 aromatic heterocycles. The van der Waals surface area contributed by atoms with Crippen LogP contribution in [0.15, 0.2) is 33.7 Å². The Morgan fingerprint density at radius 2 is 2.05 bits per heavy atom. The van der Waals surface area contributed by atoms with Gasteiger partial charge in [0.1, 0.15) is 0 Å². The zero-order valence-electron chi connectivity index (χ0n) is 12.2. The van der Waals surface area contributed by atoms with Crippen molar-refractivity contribution in [3.63, 3.8) is 0 Å². The first-order valence-corrected chi connectivity index (χ1v) is 7.81. The van der Waals surface area contributed by atoms with E-state index >= 15 is 0 Å². The summed E-state index contributed by atoms with van der Waals surface area (Å²) in [7, 11) is 0. The van der Waals surface area contributed by atoms with Gasteiger partial charge < -0.3 is 10.3 Å². The first kappa shape index (κ1) is 15.1. The van der Waals surface area contributed by atoms with Gasteiger partial charge in [0.2, 0.25) is 5.89 Å². The van der Waals surface area contributed by atoms with E-state index in [0.29, 0.717) is 24.1 Å². The number of nitrogens with zero attached hydrogens (tertiary/aromatic N) is 2. The molecule has 2 aromatic rings. The Labute approximate surface area is 124 Å². The highest BCUT2D eigenvalue weighted by Crippen LogP contribution is 2.26. The lowest BCUT2D eigenvalue weighted by Gasteiger charge is -2.13. The van der Waals surface area contributed by atoms with Crippen molar-refractivity contribution in [2.24, 2.45) is 11.7 Å². The van der Waals surface area contributed by atoms with E-state index in [4.69, 9.17) is 10.3 Å². The fourth-order valence-corrected chi connectivity index (χ4v) is 2.87. The molecule has 0 bridgehead atoms. The molecule has 0 amide bonds. The summed E-state index contributed by atoms with van der Waals surface area (Å²) in [5.74, 6) is 2.64. The SMILES string of the molecule is Cc1ccccc1SCc1noc(C(CN)C(C)C)n1. The normalized spacial score (nSPS) is 12.8. The van der Waals surface area contributed by atoms with Gasteiger partial charge in [0, 0.05) is 11.4 Å². The molecule has 0 aliphatic rings. The zero-order chi connectivity index (χ0) is 14.5. The van der Waals surface area contributed by atoms with Gasteiger partial charge in [-0.05, 0) is 24.5 Å². The molecule has 0 saturated carbocycles. The summed E-state index contributed by atoms with van der Waals surface area (Å²) in [4.78, 5) is 5.72. The van der Waals surface area contributed by atoms with Crippen molar-refractivity contribution in [2.75, 3.05) is 6.54 Å². The second kappa shape index (κ2) is 6.90. The maximum Gasteiger partial charge on any atom is 0.231 e. The van der Waals surface area contributed by atoms with E-state index in [9.17, 15) is 0 Å². The molecule has 1 aromatic carbocycles. The lowest BCUT2D eigenvalue weighted by Crippen LogP contribution is -2.18. The molecule has 0 saturated heterocycles. The van der Waals surface area contributed by atoms with Crippen molar-refractivity contribution in [2.45, 2.75) is 37.3 Å². The van der Waals surface area contributed by atoms with Crippen LogP contribution in [-0.2, 0) is 5.75 Å². The fourth-order valence-electron chi connectivity index (χ4n) is 2.00. The molecule has 0 aliphatic carbocycles. The van der Waals surface area contributed by atoms with Crippen LogP contribution in [0.1, 0.15) is 37.0 Å². The quantitative estimate of drug-likeness (QED) is 0.827. The third-order valence-electron chi connectivity index (χ3n) is 3.31. The van der Waals surface area contributed by atoms with Crippen molar-refractivity contribution in [1.82, 2.24) is 10.1 Å². The average Bonchev–Trinajstić information content (AvgIpc) is 2.87. The van der Waals surface area contributed by atoms with E-state index in [1.807, 2.05) is 12.1 Å². The smallest absolute Gasteiger partial charge is 0.231 e. The highest BCUT2D eigenvalue weighted by Gasteiger charge is 2.20. The van der Waals surface area contributed by atoms with Crippen LogP contribution in [0.5, 0.6) is 0 Å². The zero-order valence-corrected chi connectivity index (χ0v) is 13.0. The Morgan fingerprint density at radius 3 is 2.70 bits per heavy atom. The van der Waals surface area contributed by atoms with Gasteiger partial charge in [-0.25, -0.2) is 0 Å². The Balaban J connectivity index is 2.01. The maximum atomic E-state index is 5.77. The number of hydrogen-bond donors (Lipinski definition) is 1. The van der Waals surface area contributed by atoms with Gasteiger partial charge in [-0.3, -0.25) is 0 Å². The molecule has 2 rings (SSSR count). The summed E-state index contributed by atoms with van der Waals surface area (Å²) in [6.45, 7) is 6.87. The molecule has 0 spiro atoms. The third-order valence-corrected chi connectivity index (χ3v) is 4.48. The minimum atomic E-state index is 0.139.